The van der Waals surface area contributed by atoms with E-state index in [1.165, 1.54) is 18.2 Å². The summed E-state index contributed by atoms with van der Waals surface area (Å²) >= 11 is 1.12. The smallest absolute Gasteiger partial charge is 0.348 e. The number of hydrogen-bond acceptors (Lipinski definition) is 5. The molecular weight excluding hydrogens is 398 g/mol. The average molecular weight is 416 g/mol. The molecule has 1 aliphatic heterocycles. The lowest BCUT2D eigenvalue weighted by Gasteiger charge is -2.36. The van der Waals surface area contributed by atoms with Crippen molar-refractivity contribution in [3.05, 3.63) is 65.0 Å². The number of piperazine rings is 1. The molecule has 150 valence electrons. The van der Waals surface area contributed by atoms with Crippen molar-refractivity contribution >= 4 is 39.0 Å². The van der Waals surface area contributed by atoms with E-state index < -0.39 is 11.8 Å². The molecule has 0 atom stereocenters. The summed E-state index contributed by atoms with van der Waals surface area (Å²) < 4.78 is 33.4. The predicted octanol–water partition coefficient (Wildman–Crippen LogP) is 3.69. The van der Waals surface area contributed by atoms with Crippen molar-refractivity contribution in [1.29, 1.82) is 0 Å². The van der Waals surface area contributed by atoms with Gasteiger partial charge >= 0.3 is 5.97 Å². The van der Waals surface area contributed by atoms with Gasteiger partial charge in [0.05, 0.1) is 5.69 Å². The quantitative estimate of drug-likeness (QED) is 0.609. The van der Waals surface area contributed by atoms with Gasteiger partial charge in [-0.25, -0.2) is 13.6 Å². The van der Waals surface area contributed by atoms with Crippen LogP contribution in [0.3, 0.4) is 0 Å². The summed E-state index contributed by atoms with van der Waals surface area (Å²) in [7, 11) is 0. The molecule has 0 radical (unpaired) electrons. The Morgan fingerprint density at radius 1 is 0.966 bits per heavy atom. The van der Waals surface area contributed by atoms with E-state index in [0.717, 1.165) is 11.3 Å². The van der Waals surface area contributed by atoms with Crippen LogP contribution in [-0.4, -0.2) is 49.6 Å². The maximum atomic E-state index is 13.9. The first-order valence-electron chi connectivity index (χ1n) is 9.15. The van der Waals surface area contributed by atoms with Gasteiger partial charge in [0.15, 0.2) is 6.61 Å². The van der Waals surface area contributed by atoms with Crippen LogP contribution < -0.4 is 4.90 Å². The molecule has 0 N–H and O–H groups in total. The summed E-state index contributed by atoms with van der Waals surface area (Å²) in [5.74, 6) is -1.65. The van der Waals surface area contributed by atoms with E-state index in [4.69, 9.17) is 4.74 Å². The third-order valence-electron chi connectivity index (χ3n) is 4.86. The molecule has 0 saturated carbocycles. The van der Waals surface area contributed by atoms with Crippen molar-refractivity contribution in [2.45, 2.75) is 0 Å². The molecule has 5 nitrogen and oxygen atoms in total. The molecule has 0 bridgehead atoms. The highest BCUT2D eigenvalue weighted by Crippen LogP contribution is 2.28. The van der Waals surface area contributed by atoms with Crippen molar-refractivity contribution in [3.8, 4) is 0 Å². The summed E-state index contributed by atoms with van der Waals surface area (Å²) in [6.07, 6.45) is 0. The number of halogens is 2. The highest BCUT2D eigenvalue weighted by molar-refractivity contribution is 7.20. The predicted molar refractivity (Wildman–Crippen MR) is 107 cm³/mol. The standard InChI is InChI=1S/C21H18F2N2O3S/c22-15-5-3-7-18-14(15)12-19(29-18)21(27)28-13-20(26)25-10-8-24(9-11-25)17-6-2-1-4-16(17)23/h1-7,12H,8-11,13H2. The Morgan fingerprint density at radius 3 is 2.41 bits per heavy atom. The van der Waals surface area contributed by atoms with Crippen LogP contribution in [0.2, 0.25) is 0 Å². The zero-order chi connectivity index (χ0) is 20.4. The zero-order valence-corrected chi connectivity index (χ0v) is 16.3. The maximum Gasteiger partial charge on any atom is 0.348 e. The van der Waals surface area contributed by atoms with E-state index >= 15 is 0 Å². The average Bonchev–Trinajstić information content (AvgIpc) is 3.18. The highest BCUT2D eigenvalue weighted by atomic mass is 32.1. The molecule has 29 heavy (non-hydrogen) atoms. The number of anilines is 1. The van der Waals surface area contributed by atoms with Crippen LogP contribution in [0, 0.1) is 11.6 Å². The van der Waals surface area contributed by atoms with Crippen molar-refractivity contribution in [1.82, 2.24) is 4.90 Å². The fourth-order valence-electron chi connectivity index (χ4n) is 3.32. The number of fused-ring (bicyclic) bond motifs is 1. The molecular formula is C21H18F2N2O3S. The number of rotatable bonds is 4. The summed E-state index contributed by atoms with van der Waals surface area (Å²) in [5, 5.41) is 0.361. The largest absolute Gasteiger partial charge is 0.451 e. The van der Waals surface area contributed by atoms with Crippen LogP contribution >= 0.6 is 11.3 Å². The maximum absolute atomic E-state index is 13.9. The number of carbonyl (C=O) groups excluding carboxylic acids is 2. The Labute approximate surface area is 170 Å². The van der Waals surface area contributed by atoms with Gasteiger partial charge in [-0.1, -0.05) is 18.2 Å². The molecule has 1 aromatic heterocycles. The molecule has 4 rings (SSSR count). The number of amides is 1. The van der Waals surface area contributed by atoms with E-state index in [0.29, 0.717) is 42.0 Å². The first-order chi connectivity index (χ1) is 14.0. The minimum Gasteiger partial charge on any atom is -0.451 e. The second-order valence-electron chi connectivity index (χ2n) is 6.66. The van der Waals surface area contributed by atoms with Gasteiger partial charge < -0.3 is 14.5 Å². The lowest BCUT2D eigenvalue weighted by molar-refractivity contribution is -0.134. The lowest BCUT2D eigenvalue weighted by Crippen LogP contribution is -2.50. The van der Waals surface area contributed by atoms with Gasteiger partial charge in [0.25, 0.3) is 5.91 Å². The number of para-hydroxylation sites is 1. The van der Waals surface area contributed by atoms with Crippen molar-refractivity contribution in [2.75, 3.05) is 37.7 Å². The third-order valence-corrected chi connectivity index (χ3v) is 5.94. The molecule has 2 aromatic carbocycles. The van der Waals surface area contributed by atoms with Crippen LogP contribution in [0.15, 0.2) is 48.5 Å². The van der Waals surface area contributed by atoms with E-state index in [-0.39, 0.29) is 23.2 Å². The second-order valence-corrected chi connectivity index (χ2v) is 7.74. The Morgan fingerprint density at radius 2 is 1.69 bits per heavy atom. The van der Waals surface area contributed by atoms with Crippen molar-refractivity contribution in [2.24, 2.45) is 0 Å². The number of esters is 1. The number of hydrogen-bond donors (Lipinski definition) is 0. The van der Waals surface area contributed by atoms with Crippen molar-refractivity contribution in [3.63, 3.8) is 0 Å². The van der Waals surface area contributed by atoms with Gasteiger partial charge in [0, 0.05) is 36.3 Å². The van der Waals surface area contributed by atoms with Crippen LogP contribution in [-0.2, 0) is 9.53 Å². The fraction of sp³-hybridized carbons (Fsp3) is 0.238. The molecule has 0 spiro atoms. The molecule has 1 saturated heterocycles. The first kappa shape index (κ1) is 19.3. The molecule has 2 heterocycles. The number of thiophene rings is 1. The number of benzene rings is 2. The van der Waals surface area contributed by atoms with Gasteiger partial charge in [0.2, 0.25) is 0 Å². The van der Waals surface area contributed by atoms with Crippen LogP contribution in [0.1, 0.15) is 9.67 Å². The van der Waals surface area contributed by atoms with Gasteiger partial charge in [-0.2, -0.15) is 0 Å². The number of ether oxygens (including phenoxy) is 1. The molecule has 1 amide bonds. The van der Waals surface area contributed by atoms with Crippen LogP contribution in [0.4, 0.5) is 14.5 Å². The van der Waals surface area contributed by atoms with Gasteiger partial charge in [-0.05, 0) is 30.3 Å². The Balaban J connectivity index is 1.31. The second kappa shape index (κ2) is 8.16. The normalized spacial score (nSPS) is 14.3. The molecule has 0 unspecified atom stereocenters. The Bertz CT molecular complexity index is 1060. The molecule has 1 aliphatic rings. The minimum absolute atomic E-state index is 0.252. The van der Waals surface area contributed by atoms with Crippen molar-refractivity contribution < 1.29 is 23.1 Å². The molecule has 8 heteroatoms. The SMILES string of the molecule is O=C(OCC(=O)N1CCN(c2ccccc2F)CC1)c1cc2c(F)cccc2s1. The van der Waals surface area contributed by atoms with E-state index in [9.17, 15) is 18.4 Å². The number of nitrogens with zero attached hydrogens (tertiary/aromatic N) is 2. The van der Waals surface area contributed by atoms with Crippen LogP contribution in [0.25, 0.3) is 10.1 Å². The highest BCUT2D eigenvalue weighted by Gasteiger charge is 2.24. The Kier molecular flexibility index (Phi) is 5.44. The minimum atomic E-state index is -0.649. The van der Waals surface area contributed by atoms with Gasteiger partial charge in [0.1, 0.15) is 16.5 Å². The van der Waals surface area contributed by atoms with E-state index in [2.05, 4.69) is 0 Å². The lowest BCUT2D eigenvalue weighted by atomic mass is 10.2. The Hall–Kier alpha value is -3.00. The summed E-state index contributed by atoms with van der Waals surface area (Å²) in [5.41, 5.74) is 0.517. The third kappa shape index (κ3) is 4.07. The van der Waals surface area contributed by atoms with Crippen LogP contribution in [0.5, 0.6) is 0 Å². The zero-order valence-electron chi connectivity index (χ0n) is 15.4. The topological polar surface area (TPSA) is 49.9 Å². The van der Waals surface area contributed by atoms with E-state index in [1.807, 2.05) is 4.90 Å². The summed E-state index contributed by atoms with van der Waals surface area (Å²) in [6.45, 7) is 1.44. The molecule has 1 fully saturated rings. The first-order valence-corrected chi connectivity index (χ1v) is 9.97. The fourth-order valence-corrected chi connectivity index (χ4v) is 4.29. The summed E-state index contributed by atoms with van der Waals surface area (Å²) in [4.78, 5) is 28.3. The molecule has 3 aromatic rings. The van der Waals surface area contributed by atoms with E-state index in [1.54, 1.807) is 35.2 Å². The molecule has 0 aliphatic carbocycles. The summed E-state index contributed by atoms with van der Waals surface area (Å²) in [6, 6.07) is 12.6. The van der Waals surface area contributed by atoms with Gasteiger partial charge in [-0.15, -0.1) is 11.3 Å². The van der Waals surface area contributed by atoms with Gasteiger partial charge in [-0.3, -0.25) is 4.79 Å². The monoisotopic (exact) mass is 416 g/mol. The number of carbonyl (C=O) groups is 2.